The van der Waals surface area contributed by atoms with Crippen molar-refractivity contribution in [3.05, 3.63) is 11.9 Å². The topological polar surface area (TPSA) is 189 Å². The van der Waals surface area contributed by atoms with Crippen LogP contribution in [0.3, 0.4) is 0 Å². The summed E-state index contributed by atoms with van der Waals surface area (Å²) in [6, 6.07) is 0. The summed E-state index contributed by atoms with van der Waals surface area (Å²) in [6.07, 6.45) is -9.03. The van der Waals surface area contributed by atoms with Gasteiger partial charge in [0.15, 0.2) is 12.6 Å². The fourth-order valence-corrected chi connectivity index (χ4v) is 3.81. The van der Waals surface area contributed by atoms with Crippen LogP contribution in [0.4, 0.5) is 0 Å². The first-order valence-corrected chi connectivity index (χ1v) is 10.7. The van der Waals surface area contributed by atoms with E-state index in [1.165, 1.54) is 0 Å². The van der Waals surface area contributed by atoms with E-state index in [9.17, 15) is 30.6 Å². The Morgan fingerprint density at radius 3 is 2.31 bits per heavy atom. The molecule has 1 aromatic heterocycles. The van der Waals surface area contributed by atoms with E-state index in [0.717, 1.165) is 13.0 Å². The Hall–Kier alpha value is -1.26. The van der Waals surface area contributed by atoms with Crippen molar-refractivity contribution in [2.75, 3.05) is 13.2 Å². The first-order valence-electron chi connectivity index (χ1n) is 10.7. The average molecular weight is 463 g/mol. The van der Waals surface area contributed by atoms with Crippen LogP contribution in [0.1, 0.15) is 26.0 Å². The molecule has 2 aliphatic rings. The average Bonchev–Trinajstić information content (AvgIpc) is 3.24. The van der Waals surface area contributed by atoms with Gasteiger partial charge in [-0.05, 0) is 6.42 Å². The van der Waals surface area contributed by atoms with E-state index in [0.29, 0.717) is 5.69 Å². The zero-order valence-electron chi connectivity index (χ0n) is 18.0. The molecule has 1 aromatic rings. The second-order valence-electron chi connectivity index (χ2n) is 8.16. The molecule has 2 saturated heterocycles. The molecule has 3 heterocycles. The Bertz CT molecular complexity index is 705. The molecule has 2 aliphatic heterocycles. The van der Waals surface area contributed by atoms with Crippen molar-refractivity contribution in [2.24, 2.45) is 5.92 Å². The third-order valence-corrected chi connectivity index (χ3v) is 5.73. The Labute approximate surface area is 185 Å². The molecule has 13 heteroatoms. The third-order valence-electron chi connectivity index (χ3n) is 5.73. The Morgan fingerprint density at radius 2 is 1.66 bits per heavy atom. The summed E-state index contributed by atoms with van der Waals surface area (Å²) < 4.78 is 24.2. The molecule has 0 bridgehead atoms. The lowest BCUT2D eigenvalue weighted by atomic mass is 9.92. The monoisotopic (exact) mass is 463 g/mol. The molecule has 184 valence electrons. The zero-order chi connectivity index (χ0) is 23.4. The maximum atomic E-state index is 10.8. The fourth-order valence-electron chi connectivity index (χ4n) is 3.81. The van der Waals surface area contributed by atoms with Gasteiger partial charge in [0, 0.05) is 12.5 Å². The number of ether oxygens (including phenoxy) is 4. The second-order valence-corrected chi connectivity index (χ2v) is 8.16. The van der Waals surface area contributed by atoms with Crippen LogP contribution in [0.25, 0.3) is 0 Å². The van der Waals surface area contributed by atoms with Gasteiger partial charge in [0.1, 0.15) is 42.3 Å². The molecule has 0 radical (unpaired) electrons. The summed E-state index contributed by atoms with van der Waals surface area (Å²) in [6.45, 7) is 3.36. The minimum atomic E-state index is -1.64. The van der Waals surface area contributed by atoms with Crippen molar-refractivity contribution < 1.29 is 49.6 Å². The molecule has 0 aliphatic carbocycles. The highest BCUT2D eigenvalue weighted by atomic mass is 16.7. The van der Waals surface area contributed by atoms with Crippen LogP contribution in [0.5, 0.6) is 0 Å². The van der Waals surface area contributed by atoms with Crippen molar-refractivity contribution >= 4 is 0 Å². The van der Waals surface area contributed by atoms with Gasteiger partial charge in [0.25, 0.3) is 0 Å². The first-order chi connectivity index (χ1) is 15.3. The SMILES string of the molecule is CCCn1cc(CO[C@@H]2OC(CO)[C@H](O[C@H]3O[C@H](CO)[C@@H](O)C(O)C3O)[C@H](O)C2C)nn1. The molecule has 4 unspecified atom stereocenters. The van der Waals surface area contributed by atoms with Crippen LogP contribution in [0.15, 0.2) is 6.20 Å². The predicted molar refractivity (Wildman–Crippen MR) is 105 cm³/mol. The Balaban J connectivity index is 1.63. The number of nitrogens with zero attached hydrogens (tertiary/aromatic N) is 3. The van der Waals surface area contributed by atoms with Gasteiger partial charge in [-0.1, -0.05) is 19.1 Å². The number of rotatable bonds is 9. The van der Waals surface area contributed by atoms with Gasteiger partial charge in [0.2, 0.25) is 0 Å². The Morgan fingerprint density at radius 1 is 0.969 bits per heavy atom. The van der Waals surface area contributed by atoms with Crippen LogP contribution in [-0.4, -0.2) is 114 Å². The molecular weight excluding hydrogens is 430 g/mol. The maximum Gasteiger partial charge on any atom is 0.187 e. The van der Waals surface area contributed by atoms with E-state index >= 15 is 0 Å². The molecule has 0 aromatic carbocycles. The lowest BCUT2D eigenvalue weighted by molar-refractivity contribution is -0.354. The number of aryl methyl sites for hydroxylation is 1. The highest BCUT2D eigenvalue weighted by Crippen LogP contribution is 2.32. The van der Waals surface area contributed by atoms with Crippen molar-refractivity contribution in [2.45, 2.75) is 88.7 Å². The molecule has 13 nitrogen and oxygen atoms in total. The van der Waals surface area contributed by atoms with Gasteiger partial charge in [-0.3, -0.25) is 4.68 Å². The third kappa shape index (κ3) is 5.44. The van der Waals surface area contributed by atoms with E-state index in [1.807, 2.05) is 6.92 Å². The smallest absolute Gasteiger partial charge is 0.187 e. The molecule has 32 heavy (non-hydrogen) atoms. The molecule has 0 saturated carbocycles. The largest absolute Gasteiger partial charge is 0.394 e. The lowest BCUT2D eigenvalue weighted by Crippen LogP contribution is -2.63. The number of hydrogen-bond acceptors (Lipinski definition) is 12. The zero-order valence-corrected chi connectivity index (χ0v) is 18.0. The van der Waals surface area contributed by atoms with Gasteiger partial charge in [-0.15, -0.1) is 5.10 Å². The Kier molecular flexibility index (Phi) is 8.91. The normalized spacial score (nSPS) is 40.5. The summed E-state index contributed by atoms with van der Waals surface area (Å²) in [4.78, 5) is 0. The van der Waals surface area contributed by atoms with Gasteiger partial charge in [-0.25, -0.2) is 0 Å². The van der Waals surface area contributed by atoms with Crippen molar-refractivity contribution in [1.82, 2.24) is 15.0 Å². The highest BCUT2D eigenvalue weighted by molar-refractivity contribution is 4.94. The van der Waals surface area contributed by atoms with Gasteiger partial charge < -0.3 is 49.6 Å². The summed E-state index contributed by atoms with van der Waals surface area (Å²) in [5.41, 5.74) is 0.587. The van der Waals surface area contributed by atoms with Crippen molar-refractivity contribution in [3.63, 3.8) is 0 Å². The molecule has 0 amide bonds. The van der Waals surface area contributed by atoms with Crippen molar-refractivity contribution in [3.8, 4) is 0 Å². The van der Waals surface area contributed by atoms with Crippen LogP contribution >= 0.6 is 0 Å². The fraction of sp³-hybridized carbons (Fsp3) is 0.895. The summed E-state index contributed by atoms with van der Waals surface area (Å²) in [5, 5.41) is 68.0. The quantitative estimate of drug-likeness (QED) is 0.219. The molecule has 3 rings (SSSR count). The second kappa shape index (κ2) is 11.2. The lowest BCUT2D eigenvalue weighted by Gasteiger charge is -2.46. The molecule has 10 atom stereocenters. The van der Waals surface area contributed by atoms with E-state index in [2.05, 4.69) is 10.3 Å². The summed E-state index contributed by atoms with van der Waals surface area (Å²) >= 11 is 0. The molecular formula is C19H33N3O10. The summed E-state index contributed by atoms with van der Waals surface area (Å²) in [5.74, 6) is -0.599. The van der Waals surface area contributed by atoms with Gasteiger partial charge >= 0.3 is 0 Å². The minimum Gasteiger partial charge on any atom is -0.394 e. The molecule has 0 spiro atoms. The van der Waals surface area contributed by atoms with Crippen LogP contribution in [0.2, 0.25) is 0 Å². The van der Waals surface area contributed by atoms with Crippen LogP contribution < -0.4 is 0 Å². The molecule has 2 fully saturated rings. The number of aliphatic hydroxyl groups excluding tert-OH is 6. The number of aromatic nitrogens is 3. The number of aliphatic hydroxyl groups is 6. The first kappa shape index (κ1) is 25.4. The van der Waals surface area contributed by atoms with Crippen LogP contribution in [-0.2, 0) is 32.1 Å². The maximum absolute atomic E-state index is 10.8. The predicted octanol–water partition coefficient (Wildman–Crippen LogP) is -2.90. The van der Waals surface area contributed by atoms with Crippen molar-refractivity contribution in [1.29, 1.82) is 0 Å². The van der Waals surface area contributed by atoms with E-state index in [-0.39, 0.29) is 6.61 Å². The van der Waals surface area contributed by atoms with E-state index in [1.54, 1.807) is 17.8 Å². The minimum absolute atomic E-state index is 0.0851. The van der Waals surface area contributed by atoms with Gasteiger partial charge in [-0.2, -0.15) is 0 Å². The van der Waals surface area contributed by atoms with E-state index < -0.39 is 74.4 Å². The standard InChI is InChI=1S/C19H33N3O10/c1-3-4-22-5-10(20-21-22)8-29-18-9(2)13(25)17(12(7-24)31-18)32-19-16(28)15(27)14(26)11(6-23)30-19/h5,9,11-19,23-28H,3-4,6-8H2,1-2H3/t9?,11-,12?,13-,14-,15?,16?,17+,18-,19-/m1/s1. The molecule has 6 N–H and O–H groups in total. The number of hydrogen-bond donors (Lipinski definition) is 6. The summed E-state index contributed by atoms with van der Waals surface area (Å²) in [7, 11) is 0. The van der Waals surface area contributed by atoms with Gasteiger partial charge in [0.05, 0.1) is 32.1 Å². The van der Waals surface area contributed by atoms with E-state index in [4.69, 9.17) is 18.9 Å². The highest BCUT2D eigenvalue weighted by Gasteiger charge is 2.49. The van der Waals surface area contributed by atoms with Crippen LogP contribution in [0, 0.1) is 5.92 Å².